The molecule has 1 rings (SSSR count). The van der Waals surface area contributed by atoms with Gasteiger partial charge in [0.25, 0.3) is 0 Å². The summed E-state index contributed by atoms with van der Waals surface area (Å²) < 4.78 is 0. The minimum atomic E-state index is -0.0557. The Kier molecular flexibility index (Phi) is 5.49. The maximum Gasteiger partial charge on any atom is 0.221 e. The largest absolute Gasteiger partial charge is 0.508 e. The molecular weight excluding hydrogens is 216 g/mol. The van der Waals surface area contributed by atoms with E-state index in [1.54, 1.807) is 24.3 Å². The summed E-state index contributed by atoms with van der Waals surface area (Å²) in [6, 6.07) is 6.71. The summed E-state index contributed by atoms with van der Waals surface area (Å²) >= 11 is 0. The number of rotatable bonds is 6. The zero-order valence-corrected chi connectivity index (χ0v) is 10.1. The minimum absolute atomic E-state index is 0.0287. The number of nitrogens with two attached hydrogens (primary N) is 1. The molecular formula is C13H20N2O2. The molecule has 94 valence electrons. The lowest BCUT2D eigenvalue weighted by atomic mass is 10.1. The van der Waals surface area contributed by atoms with Gasteiger partial charge in [-0.2, -0.15) is 0 Å². The van der Waals surface area contributed by atoms with Crippen molar-refractivity contribution in [3.63, 3.8) is 0 Å². The summed E-state index contributed by atoms with van der Waals surface area (Å²) in [4.78, 5) is 11.5. The average molecular weight is 236 g/mol. The van der Waals surface area contributed by atoms with Gasteiger partial charge in [-0.25, -0.2) is 0 Å². The molecule has 4 N–H and O–H groups in total. The van der Waals surface area contributed by atoms with E-state index in [9.17, 15) is 4.79 Å². The first-order valence-corrected chi connectivity index (χ1v) is 5.92. The fourth-order valence-electron chi connectivity index (χ4n) is 1.60. The van der Waals surface area contributed by atoms with Gasteiger partial charge in [0.1, 0.15) is 5.75 Å². The van der Waals surface area contributed by atoms with Crippen molar-refractivity contribution in [3.8, 4) is 5.75 Å². The third-order valence-corrected chi connectivity index (χ3v) is 2.53. The highest BCUT2D eigenvalue weighted by molar-refractivity contribution is 5.76. The number of aromatic hydroxyl groups is 1. The molecule has 0 bridgehead atoms. The van der Waals surface area contributed by atoms with E-state index in [-0.39, 0.29) is 17.7 Å². The van der Waals surface area contributed by atoms with Gasteiger partial charge < -0.3 is 16.2 Å². The predicted molar refractivity (Wildman–Crippen MR) is 67.5 cm³/mol. The van der Waals surface area contributed by atoms with E-state index >= 15 is 0 Å². The van der Waals surface area contributed by atoms with Crippen LogP contribution in [0, 0.1) is 0 Å². The van der Waals surface area contributed by atoms with E-state index < -0.39 is 0 Å². The summed E-state index contributed by atoms with van der Waals surface area (Å²) in [7, 11) is 0. The molecule has 1 aromatic carbocycles. The van der Waals surface area contributed by atoms with Crippen LogP contribution in [-0.2, 0) is 11.3 Å². The van der Waals surface area contributed by atoms with Crippen molar-refractivity contribution in [2.75, 3.05) is 0 Å². The van der Waals surface area contributed by atoms with Crippen molar-refractivity contribution in [2.45, 2.75) is 38.8 Å². The van der Waals surface area contributed by atoms with Gasteiger partial charge in [0.05, 0.1) is 0 Å². The van der Waals surface area contributed by atoms with Gasteiger partial charge in [-0.1, -0.05) is 25.5 Å². The third kappa shape index (κ3) is 5.36. The van der Waals surface area contributed by atoms with Crippen LogP contribution in [0.2, 0.25) is 0 Å². The van der Waals surface area contributed by atoms with Gasteiger partial charge in [0, 0.05) is 19.0 Å². The number of phenols is 1. The van der Waals surface area contributed by atoms with E-state index in [2.05, 4.69) is 5.32 Å². The van der Waals surface area contributed by atoms with Crippen LogP contribution in [-0.4, -0.2) is 17.1 Å². The molecule has 0 aliphatic carbocycles. The summed E-state index contributed by atoms with van der Waals surface area (Å²) in [5.41, 5.74) is 6.74. The number of amides is 1. The Morgan fingerprint density at radius 2 is 2.06 bits per heavy atom. The first-order chi connectivity index (χ1) is 8.11. The highest BCUT2D eigenvalue weighted by atomic mass is 16.3. The molecule has 1 aromatic rings. The van der Waals surface area contributed by atoms with Crippen LogP contribution in [0.1, 0.15) is 31.7 Å². The standard InChI is InChI=1S/C13H20N2O2/c1-2-3-11(14)8-13(17)15-9-10-4-6-12(16)7-5-10/h4-7,11,16H,2-3,8-9,14H2,1H3,(H,15,17). The van der Waals surface area contributed by atoms with Gasteiger partial charge in [-0.05, 0) is 24.1 Å². The van der Waals surface area contributed by atoms with Crippen molar-refractivity contribution in [3.05, 3.63) is 29.8 Å². The zero-order valence-electron chi connectivity index (χ0n) is 10.1. The summed E-state index contributed by atoms with van der Waals surface area (Å²) in [6.07, 6.45) is 2.23. The van der Waals surface area contributed by atoms with E-state index in [0.717, 1.165) is 18.4 Å². The van der Waals surface area contributed by atoms with Crippen molar-refractivity contribution in [1.29, 1.82) is 0 Å². The van der Waals surface area contributed by atoms with Crippen LogP contribution in [0.4, 0.5) is 0 Å². The molecule has 0 heterocycles. The molecule has 4 heteroatoms. The van der Waals surface area contributed by atoms with Gasteiger partial charge in [-0.15, -0.1) is 0 Å². The molecule has 17 heavy (non-hydrogen) atoms. The Labute approximate surface area is 102 Å². The highest BCUT2D eigenvalue weighted by Gasteiger charge is 2.07. The van der Waals surface area contributed by atoms with Gasteiger partial charge in [0.15, 0.2) is 0 Å². The molecule has 1 amide bonds. The fourth-order valence-corrected chi connectivity index (χ4v) is 1.60. The lowest BCUT2D eigenvalue weighted by molar-refractivity contribution is -0.121. The SMILES string of the molecule is CCCC(N)CC(=O)NCc1ccc(O)cc1. The Balaban J connectivity index is 2.30. The number of hydrogen-bond acceptors (Lipinski definition) is 3. The number of carbonyl (C=O) groups excluding carboxylic acids is 1. The second kappa shape index (κ2) is 6.91. The molecule has 0 saturated carbocycles. The molecule has 1 atom stereocenters. The highest BCUT2D eigenvalue weighted by Crippen LogP contribution is 2.09. The van der Waals surface area contributed by atoms with E-state index in [0.29, 0.717) is 13.0 Å². The first-order valence-electron chi connectivity index (χ1n) is 5.92. The number of carbonyl (C=O) groups is 1. The van der Waals surface area contributed by atoms with E-state index in [1.807, 2.05) is 6.92 Å². The topological polar surface area (TPSA) is 75.4 Å². The fraction of sp³-hybridized carbons (Fsp3) is 0.462. The van der Waals surface area contributed by atoms with Crippen LogP contribution < -0.4 is 11.1 Å². The molecule has 0 saturated heterocycles. The van der Waals surface area contributed by atoms with E-state index in [1.165, 1.54) is 0 Å². The molecule has 1 unspecified atom stereocenters. The predicted octanol–water partition coefficient (Wildman–Crippen LogP) is 1.53. The molecule has 0 radical (unpaired) electrons. The Hall–Kier alpha value is -1.55. The lowest BCUT2D eigenvalue weighted by Crippen LogP contribution is -2.31. The second-order valence-corrected chi connectivity index (χ2v) is 4.20. The molecule has 4 nitrogen and oxygen atoms in total. The van der Waals surface area contributed by atoms with Crippen molar-refractivity contribution in [1.82, 2.24) is 5.32 Å². The van der Waals surface area contributed by atoms with Crippen LogP contribution >= 0.6 is 0 Å². The van der Waals surface area contributed by atoms with Crippen molar-refractivity contribution >= 4 is 5.91 Å². The van der Waals surface area contributed by atoms with Crippen molar-refractivity contribution < 1.29 is 9.90 Å². The average Bonchev–Trinajstić information content (AvgIpc) is 2.28. The Morgan fingerprint density at radius 1 is 1.41 bits per heavy atom. The molecule has 0 aliphatic heterocycles. The first kappa shape index (κ1) is 13.5. The summed E-state index contributed by atoms with van der Waals surface area (Å²) in [5.74, 6) is 0.198. The minimum Gasteiger partial charge on any atom is -0.508 e. The molecule has 0 spiro atoms. The molecule has 0 aromatic heterocycles. The van der Waals surface area contributed by atoms with Crippen LogP contribution in [0.25, 0.3) is 0 Å². The van der Waals surface area contributed by atoms with Crippen LogP contribution in [0.3, 0.4) is 0 Å². The third-order valence-electron chi connectivity index (χ3n) is 2.53. The smallest absolute Gasteiger partial charge is 0.221 e. The maximum absolute atomic E-state index is 11.5. The summed E-state index contributed by atoms with van der Waals surface area (Å²) in [6.45, 7) is 2.52. The van der Waals surface area contributed by atoms with Crippen LogP contribution in [0.5, 0.6) is 5.75 Å². The monoisotopic (exact) mass is 236 g/mol. The number of nitrogens with one attached hydrogen (secondary N) is 1. The molecule has 0 fully saturated rings. The zero-order chi connectivity index (χ0) is 12.7. The van der Waals surface area contributed by atoms with Crippen LogP contribution in [0.15, 0.2) is 24.3 Å². The summed E-state index contributed by atoms with van der Waals surface area (Å²) in [5, 5.41) is 11.9. The maximum atomic E-state index is 11.5. The normalized spacial score (nSPS) is 12.1. The number of benzene rings is 1. The Bertz CT molecular complexity index is 349. The van der Waals surface area contributed by atoms with Crippen molar-refractivity contribution in [2.24, 2.45) is 5.73 Å². The number of phenolic OH excluding ortho intramolecular Hbond substituents is 1. The second-order valence-electron chi connectivity index (χ2n) is 4.20. The lowest BCUT2D eigenvalue weighted by Gasteiger charge is -2.10. The quantitative estimate of drug-likeness (QED) is 0.701. The van der Waals surface area contributed by atoms with Gasteiger partial charge in [0.2, 0.25) is 5.91 Å². The Morgan fingerprint density at radius 3 is 2.65 bits per heavy atom. The van der Waals surface area contributed by atoms with Gasteiger partial charge in [-0.3, -0.25) is 4.79 Å². The van der Waals surface area contributed by atoms with Gasteiger partial charge >= 0.3 is 0 Å². The molecule has 0 aliphatic rings. The number of hydrogen-bond donors (Lipinski definition) is 3. The van der Waals surface area contributed by atoms with E-state index in [4.69, 9.17) is 10.8 Å².